The van der Waals surface area contributed by atoms with Crippen molar-refractivity contribution in [3.8, 4) is 11.1 Å². The number of amides is 1. The van der Waals surface area contributed by atoms with Gasteiger partial charge in [0, 0.05) is 42.5 Å². The van der Waals surface area contributed by atoms with Crippen molar-refractivity contribution in [2.24, 2.45) is 0 Å². The molecule has 3 rings (SSSR count). The Hall–Kier alpha value is -3.15. The first kappa shape index (κ1) is 15.7. The fourth-order valence-corrected chi connectivity index (χ4v) is 2.22. The van der Waals surface area contributed by atoms with Crippen LogP contribution in [0.5, 0.6) is 0 Å². The van der Waals surface area contributed by atoms with Crippen molar-refractivity contribution in [2.45, 2.75) is 6.54 Å². The number of aromatic nitrogens is 2. The van der Waals surface area contributed by atoms with Crippen LogP contribution in [0.25, 0.3) is 11.1 Å². The quantitative estimate of drug-likeness (QED) is 0.800. The van der Waals surface area contributed by atoms with Gasteiger partial charge in [-0.15, -0.1) is 0 Å². The number of rotatable bonds is 4. The minimum absolute atomic E-state index is 0.0614. The third-order valence-corrected chi connectivity index (χ3v) is 3.44. The monoisotopic (exact) mass is 325 g/mol. The van der Waals surface area contributed by atoms with Gasteiger partial charge in [-0.25, -0.2) is 8.78 Å². The van der Waals surface area contributed by atoms with Gasteiger partial charge >= 0.3 is 0 Å². The van der Waals surface area contributed by atoms with Gasteiger partial charge in [-0.05, 0) is 42.0 Å². The van der Waals surface area contributed by atoms with E-state index in [9.17, 15) is 13.6 Å². The van der Waals surface area contributed by atoms with Gasteiger partial charge in [0.05, 0.1) is 5.56 Å². The van der Waals surface area contributed by atoms with Gasteiger partial charge in [-0.2, -0.15) is 0 Å². The number of halogens is 2. The van der Waals surface area contributed by atoms with Crippen LogP contribution in [-0.4, -0.2) is 15.9 Å². The highest BCUT2D eigenvalue weighted by atomic mass is 19.1. The van der Waals surface area contributed by atoms with Crippen molar-refractivity contribution in [2.75, 3.05) is 0 Å². The highest BCUT2D eigenvalue weighted by Crippen LogP contribution is 2.23. The molecule has 0 fully saturated rings. The Labute approximate surface area is 137 Å². The summed E-state index contributed by atoms with van der Waals surface area (Å²) in [5, 5.41) is 2.75. The predicted octanol–water partition coefficient (Wildman–Crippen LogP) is 3.35. The molecule has 0 bridgehead atoms. The standard InChI is InChI=1S/C18H13F2N3O/c19-15-1-2-17(20)16(8-15)13-7-14(11-22-10-13)18(24)23-9-12-3-5-21-6-4-12/h1-8,10-11H,9H2,(H,23,24). The van der Waals surface area contributed by atoms with Crippen LogP contribution < -0.4 is 5.32 Å². The van der Waals surface area contributed by atoms with Gasteiger partial charge in [0.15, 0.2) is 0 Å². The molecule has 2 aromatic heterocycles. The zero-order valence-electron chi connectivity index (χ0n) is 12.5. The van der Waals surface area contributed by atoms with Crippen LogP contribution in [-0.2, 0) is 6.54 Å². The van der Waals surface area contributed by atoms with Crippen molar-refractivity contribution in [3.05, 3.63) is 83.9 Å². The van der Waals surface area contributed by atoms with E-state index in [2.05, 4.69) is 15.3 Å². The number of benzene rings is 1. The minimum Gasteiger partial charge on any atom is -0.348 e. The summed E-state index contributed by atoms with van der Waals surface area (Å²) in [6, 6.07) is 8.21. The SMILES string of the molecule is O=C(NCc1ccncc1)c1cncc(-c2cc(F)ccc2F)c1. The number of hydrogen-bond donors (Lipinski definition) is 1. The van der Waals surface area contributed by atoms with Gasteiger partial charge in [0.2, 0.25) is 0 Å². The number of hydrogen-bond acceptors (Lipinski definition) is 3. The lowest BCUT2D eigenvalue weighted by Crippen LogP contribution is -2.23. The molecule has 0 aliphatic heterocycles. The van der Waals surface area contributed by atoms with Crippen molar-refractivity contribution in [1.82, 2.24) is 15.3 Å². The molecule has 0 radical (unpaired) electrons. The molecular weight excluding hydrogens is 312 g/mol. The molecule has 3 aromatic rings. The van der Waals surface area contributed by atoms with Crippen molar-refractivity contribution in [1.29, 1.82) is 0 Å². The molecule has 0 saturated heterocycles. The second-order valence-electron chi connectivity index (χ2n) is 5.12. The maximum absolute atomic E-state index is 13.9. The maximum Gasteiger partial charge on any atom is 0.253 e. The lowest BCUT2D eigenvalue weighted by molar-refractivity contribution is 0.0950. The van der Waals surface area contributed by atoms with Crippen LogP contribution >= 0.6 is 0 Å². The Morgan fingerprint density at radius 2 is 1.79 bits per heavy atom. The van der Waals surface area contributed by atoms with E-state index in [1.165, 1.54) is 18.5 Å². The first-order valence-electron chi connectivity index (χ1n) is 7.21. The van der Waals surface area contributed by atoms with Gasteiger partial charge in [0.1, 0.15) is 11.6 Å². The Kier molecular flexibility index (Phi) is 4.56. The molecule has 1 amide bonds. The third-order valence-electron chi connectivity index (χ3n) is 3.44. The number of pyridine rings is 2. The molecule has 0 aliphatic carbocycles. The van der Waals surface area contributed by atoms with E-state index < -0.39 is 11.6 Å². The van der Waals surface area contributed by atoms with E-state index in [0.29, 0.717) is 12.1 Å². The Balaban J connectivity index is 1.80. The molecule has 0 spiro atoms. The zero-order valence-corrected chi connectivity index (χ0v) is 12.5. The van der Waals surface area contributed by atoms with E-state index in [1.54, 1.807) is 24.5 Å². The van der Waals surface area contributed by atoms with Crippen molar-refractivity contribution >= 4 is 5.91 Å². The average molecular weight is 325 g/mol. The Morgan fingerprint density at radius 3 is 2.58 bits per heavy atom. The fourth-order valence-electron chi connectivity index (χ4n) is 2.22. The highest BCUT2D eigenvalue weighted by molar-refractivity contribution is 5.95. The Bertz CT molecular complexity index is 869. The average Bonchev–Trinajstić information content (AvgIpc) is 2.62. The van der Waals surface area contributed by atoms with E-state index in [1.807, 2.05) is 0 Å². The summed E-state index contributed by atoms with van der Waals surface area (Å²) in [4.78, 5) is 20.1. The number of carbonyl (C=O) groups excluding carboxylic acids is 1. The first-order valence-corrected chi connectivity index (χ1v) is 7.21. The van der Waals surface area contributed by atoms with Crippen LogP contribution in [0.15, 0.2) is 61.2 Å². The van der Waals surface area contributed by atoms with Crippen LogP contribution in [0.4, 0.5) is 8.78 Å². The summed E-state index contributed by atoms with van der Waals surface area (Å²) >= 11 is 0. The molecule has 0 atom stereocenters. The molecule has 0 saturated carbocycles. The molecule has 120 valence electrons. The molecule has 0 unspecified atom stereocenters. The smallest absolute Gasteiger partial charge is 0.253 e. The van der Waals surface area contributed by atoms with Crippen LogP contribution in [0.1, 0.15) is 15.9 Å². The van der Waals surface area contributed by atoms with E-state index >= 15 is 0 Å². The Morgan fingerprint density at radius 1 is 1.00 bits per heavy atom. The van der Waals surface area contributed by atoms with Gasteiger partial charge in [-0.1, -0.05) is 0 Å². The first-order chi connectivity index (χ1) is 11.6. The molecule has 1 N–H and O–H groups in total. The van der Waals surface area contributed by atoms with E-state index in [4.69, 9.17) is 0 Å². The van der Waals surface area contributed by atoms with E-state index in [-0.39, 0.29) is 17.0 Å². The number of nitrogens with zero attached hydrogens (tertiary/aromatic N) is 2. The van der Waals surface area contributed by atoms with Crippen LogP contribution in [0, 0.1) is 11.6 Å². The molecule has 1 aromatic carbocycles. The molecule has 24 heavy (non-hydrogen) atoms. The van der Waals surface area contributed by atoms with Crippen LogP contribution in [0.3, 0.4) is 0 Å². The molecule has 2 heterocycles. The van der Waals surface area contributed by atoms with Gasteiger partial charge in [-0.3, -0.25) is 14.8 Å². The lowest BCUT2D eigenvalue weighted by Gasteiger charge is -2.08. The van der Waals surface area contributed by atoms with Crippen molar-refractivity contribution < 1.29 is 13.6 Å². The summed E-state index contributed by atoms with van der Waals surface area (Å²) in [6.45, 7) is 0.333. The molecule has 6 heteroatoms. The predicted molar refractivity (Wildman–Crippen MR) is 85.0 cm³/mol. The van der Waals surface area contributed by atoms with Crippen LogP contribution in [0.2, 0.25) is 0 Å². The fraction of sp³-hybridized carbons (Fsp3) is 0.0556. The number of nitrogens with one attached hydrogen (secondary N) is 1. The summed E-state index contributed by atoms with van der Waals surface area (Å²) in [5.41, 5.74) is 1.57. The topological polar surface area (TPSA) is 54.9 Å². The summed E-state index contributed by atoms with van der Waals surface area (Å²) in [5.74, 6) is -1.48. The molecule has 0 aliphatic rings. The summed E-state index contributed by atoms with van der Waals surface area (Å²) in [6.07, 6.45) is 6.03. The van der Waals surface area contributed by atoms with Crippen molar-refractivity contribution in [3.63, 3.8) is 0 Å². The van der Waals surface area contributed by atoms with Gasteiger partial charge < -0.3 is 5.32 Å². The third kappa shape index (κ3) is 3.60. The van der Waals surface area contributed by atoms with Gasteiger partial charge in [0.25, 0.3) is 5.91 Å². The number of carbonyl (C=O) groups is 1. The largest absolute Gasteiger partial charge is 0.348 e. The zero-order chi connectivity index (χ0) is 16.9. The summed E-state index contributed by atoms with van der Waals surface area (Å²) < 4.78 is 27.2. The molecule has 4 nitrogen and oxygen atoms in total. The maximum atomic E-state index is 13.9. The second-order valence-corrected chi connectivity index (χ2v) is 5.12. The molecular formula is C18H13F2N3O. The summed E-state index contributed by atoms with van der Waals surface area (Å²) in [7, 11) is 0. The minimum atomic E-state index is -0.576. The second kappa shape index (κ2) is 6.95. The normalized spacial score (nSPS) is 10.4. The van der Waals surface area contributed by atoms with E-state index in [0.717, 1.165) is 23.8 Å². The lowest BCUT2D eigenvalue weighted by atomic mass is 10.0. The highest BCUT2D eigenvalue weighted by Gasteiger charge is 2.11.